The number of rotatable bonds is 8. The first-order valence-corrected chi connectivity index (χ1v) is 15.3. The maximum absolute atomic E-state index is 14.9. The molecule has 0 N–H and O–H groups in total. The number of halogens is 1. The SMILES string of the molecule is O=P(CC(CBr)P(=O)(c1ccccc1)c1ccccc1)(c1ccccc1)c1ccccc1. The zero-order valence-corrected chi connectivity index (χ0v) is 21.0. The van der Waals surface area contributed by atoms with Crippen LogP contribution in [0.2, 0.25) is 0 Å². The van der Waals surface area contributed by atoms with Crippen LogP contribution < -0.4 is 21.2 Å². The zero-order chi connectivity index (χ0) is 22.4. The van der Waals surface area contributed by atoms with Crippen molar-refractivity contribution in [1.82, 2.24) is 0 Å². The lowest BCUT2D eigenvalue weighted by atomic mass is 10.4. The maximum atomic E-state index is 14.9. The number of benzene rings is 4. The quantitative estimate of drug-likeness (QED) is 0.217. The normalized spacial score (nSPS) is 12.9. The van der Waals surface area contributed by atoms with Gasteiger partial charge in [-0.05, 0) is 0 Å². The molecule has 0 aliphatic rings. The molecule has 0 amide bonds. The van der Waals surface area contributed by atoms with Crippen LogP contribution in [-0.2, 0) is 9.13 Å². The standard InChI is InChI=1S/C27H25BrO2P2/c28-21-27(32(30,25-17-9-3-10-18-25)26-19-11-4-12-20-26)22-31(29,23-13-5-1-6-14-23)24-15-7-2-8-16-24/h1-20,27H,21-22H2. The molecule has 0 radical (unpaired) electrons. The van der Waals surface area contributed by atoms with Gasteiger partial charge in [-0.15, -0.1) is 0 Å². The van der Waals surface area contributed by atoms with Crippen LogP contribution in [0.4, 0.5) is 0 Å². The van der Waals surface area contributed by atoms with Gasteiger partial charge in [-0.1, -0.05) is 137 Å². The Morgan fingerprint density at radius 1 is 0.531 bits per heavy atom. The van der Waals surface area contributed by atoms with E-state index in [4.69, 9.17) is 0 Å². The lowest BCUT2D eigenvalue weighted by Gasteiger charge is -2.31. The Hall–Kier alpha value is -2.18. The molecule has 0 saturated heterocycles. The summed E-state index contributed by atoms with van der Waals surface area (Å²) < 4.78 is 29.7. The molecule has 32 heavy (non-hydrogen) atoms. The third kappa shape index (κ3) is 4.48. The highest BCUT2D eigenvalue weighted by molar-refractivity contribution is 9.09. The van der Waals surface area contributed by atoms with Gasteiger partial charge in [0.15, 0.2) is 0 Å². The Bertz CT molecular complexity index is 1140. The summed E-state index contributed by atoms with van der Waals surface area (Å²) in [5, 5.41) is 3.67. The Labute approximate surface area is 198 Å². The molecule has 0 aromatic heterocycles. The van der Waals surface area contributed by atoms with E-state index in [1.54, 1.807) is 0 Å². The Morgan fingerprint density at radius 3 is 1.16 bits per heavy atom. The second-order valence-corrected chi connectivity index (χ2v) is 14.3. The van der Waals surface area contributed by atoms with Gasteiger partial charge in [-0.25, -0.2) is 0 Å². The van der Waals surface area contributed by atoms with Crippen LogP contribution in [-0.4, -0.2) is 17.2 Å². The van der Waals surface area contributed by atoms with Crippen molar-refractivity contribution in [2.45, 2.75) is 5.66 Å². The fourth-order valence-electron chi connectivity index (χ4n) is 4.12. The van der Waals surface area contributed by atoms with E-state index in [0.29, 0.717) is 11.5 Å². The van der Waals surface area contributed by atoms with Crippen molar-refractivity contribution in [2.24, 2.45) is 0 Å². The molecule has 4 aromatic carbocycles. The predicted molar refractivity (Wildman–Crippen MR) is 142 cm³/mol. The van der Waals surface area contributed by atoms with Gasteiger partial charge in [-0.2, -0.15) is 0 Å². The van der Waals surface area contributed by atoms with Crippen LogP contribution in [0.5, 0.6) is 0 Å². The van der Waals surface area contributed by atoms with Gasteiger partial charge < -0.3 is 9.13 Å². The molecule has 162 valence electrons. The molecule has 4 aromatic rings. The molecular weight excluding hydrogens is 498 g/mol. The summed E-state index contributed by atoms with van der Waals surface area (Å²) in [6.45, 7) is 0. The average molecular weight is 523 g/mol. The van der Waals surface area contributed by atoms with E-state index in [2.05, 4.69) is 15.9 Å². The summed E-state index contributed by atoms with van der Waals surface area (Å²) in [4.78, 5) is 0. The number of alkyl halides is 1. The van der Waals surface area contributed by atoms with Gasteiger partial charge in [0, 0.05) is 38.4 Å². The van der Waals surface area contributed by atoms with Gasteiger partial charge >= 0.3 is 0 Å². The van der Waals surface area contributed by atoms with Crippen molar-refractivity contribution in [3.8, 4) is 0 Å². The van der Waals surface area contributed by atoms with E-state index in [0.717, 1.165) is 21.2 Å². The van der Waals surface area contributed by atoms with Crippen LogP contribution in [0.15, 0.2) is 121 Å². The molecule has 4 rings (SSSR count). The molecule has 0 bridgehead atoms. The fourth-order valence-corrected chi connectivity index (χ4v) is 12.9. The monoisotopic (exact) mass is 522 g/mol. The second kappa shape index (κ2) is 10.2. The smallest absolute Gasteiger partial charge is 0.147 e. The predicted octanol–water partition coefficient (Wildman–Crippen LogP) is 5.78. The van der Waals surface area contributed by atoms with Crippen LogP contribution in [0.1, 0.15) is 0 Å². The number of hydrogen-bond donors (Lipinski definition) is 0. The van der Waals surface area contributed by atoms with E-state index >= 15 is 0 Å². The van der Waals surface area contributed by atoms with E-state index in [-0.39, 0.29) is 5.66 Å². The van der Waals surface area contributed by atoms with Crippen LogP contribution in [0.25, 0.3) is 0 Å². The summed E-state index contributed by atoms with van der Waals surface area (Å²) in [6.07, 6.45) is 0.313. The molecule has 0 fully saturated rings. The van der Waals surface area contributed by atoms with E-state index in [1.165, 1.54) is 0 Å². The molecule has 1 unspecified atom stereocenters. The van der Waals surface area contributed by atoms with Crippen LogP contribution >= 0.6 is 30.2 Å². The minimum Gasteiger partial charge on any atom is -0.314 e. The summed E-state index contributed by atoms with van der Waals surface area (Å²) in [5.41, 5.74) is -0.335. The summed E-state index contributed by atoms with van der Waals surface area (Å²) in [5.74, 6) is 0. The summed E-state index contributed by atoms with van der Waals surface area (Å²) >= 11 is 3.65. The van der Waals surface area contributed by atoms with Gasteiger partial charge in [0.25, 0.3) is 0 Å². The third-order valence-corrected chi connectivity index (χ3v) is 14.1. The highest BCUT2D eigenvalue weighted by atomic mass is 79.9. The average Bonchev–Trinajstić information content (AvgIpc) is 2.88. The first kappa shape index (κ1) is 23.0. The summed E-state index contributed by atoms with van der Waals surface area (Å²) in [7, 11) is -6.13. The van der Waals surface area contributed by atoms with Crippen molar-refractivity contribution in [3.63, 3.8) is 0 Å². The Morgan fingerprint density at radius 2 is 0.844 bits per heavy atom. The summed E-state index contributed by atoms with van der Waals surface area (Å²) in [6, 6.07) is 38.5. The first-order chi connectivity index (χ1) is 15.6. The molecule has 2 nitrogen and oxygen atoms in total. The van der Waals surface area contributed by atoms with Gasteiger partial charge in [0.2, 0.25) is 0 Å². The Kier molecular flexibility index (Phi) is 7.31. The van der Waals surface area contributed by atoms with Crippen molar-refractivity contribution in [2.75, 3.05) is 11.5 Å². The van der Waals surface area contributed by atoms with Crippen molar-refractivity contribution in [3.05, 3.63) is 121 Å². The third-order valence-electron chi connectivity index (χ3n) is 5.79. The van der Waals surface area contributed by atoms with Gasteiger partial charge in [-0.3, -0.25) is 0 Å². The lowest BCUT2D eigenvalue weighted by molar-refractivity contribution is 0.576. The fraction of sp³-hybridized carbons (Fsp3) is 0.111. The molecule has 0 spiro atoms. The number of hydrogen-bond acceptors (Lipinski definition) is 2. The maximum Gasteiger partial charge on any atom is 0.147 e. The second-order valence-electron chi connectivity index (χ2n) is 7.73. The topological polar surface area (TPSA) is 34.1 Å². The highest BCUT2D eigenvalue weighted by Crippen LogP contribution is 2.56. The minimum absolute atomic E-state index is 0.313. The molecule has 1 atom stereocenters. The van der Waals surface area contributed by atoms with Crippen molar-refractivity contribution in [1.29, 1.82) is 0 Å². The Balaban J connectivity index is 1.88. The van der Waals surface area contributed by atoms with Gasteiger partial charge in [0.05, 0.1) is 0 Å². The lowest BCUT2D eigenvalue weighted by Crippen LogP contribution is -2.33. The largest absolute Gasteiger partial charge is 0.314 e. The van der Waals surface area contributed by atoms with Crippen molar-refractivity contribution < 1.29 is 9.13 Å². The van der Waals surface area contributed by atoms with Crippen LogP contribution in [0, 0.1) is 0 Å². The molecule has 0 aliphatic carbocycles. The first-order valence-electron chi connectivity index (χ1n) is 10.6. The minimum atomic E-state index is -3.09. The van der Waals surface area contributed by atoms with Crippen LogP contribution in [0.3, 0.4) is 0 Å². The highest BCUT2D eigenvalue weighted by Gasteiger charge is 2.41. The van der Waals surface area contributed by atoms with E-state index in [9.17, 15) is 9.13 Å². The zero-order valence-electron chi connectivity index (χ0n) is 17.6. The molecule has 0 aliphatic heterocycles. The van der Waals surface area contributed by atoms with E-state index in [1.807, 2.05) is 121 Å². The van der Waals surface area contributed by atoms with E-state index < -0.39 is 14.3 Å². The molecule has 0 saturated carbocycles. The molecular formula is C27H25BrO2P2. The molecule has 0 heterocycles. The molecule has 5 heteroatoms. The van der Waals surface area contributed by atoms with Gasteiger partial charge in [0.1, 0.15) is 14.3 Å². The van der Waals surface area contributed by atoms with Crippen molar-refractivity contribution >= 4 is 51.4 Å².